The number of carbonyl (C=O) groups is 2. The van der Waals surface area contributed by atoms with Gasteiger partial charge in [0.25, 0.3) is 6.71 Å². The van der Waals surface area contributed by atoms with Crippen LogP contribution in [0.5, 0.6) is 0 Å². The molecule has 170 valence electrons. The molecule has 0 N–H and O–H groups in total. The summed E-state index contributed by atoms with van der Waals surface area (Å²) in [7, 11) is 0. The smallest absolute Gasteiger partial charge is 0.252 e. The predicted octanol–water partition coefficient (Wildman–Crippen LogP) is 4.65. The van der Waals surface area contributed by atoms with Crippen LogP contribution in [-0.2, 0) is 0 Å². The zero-order valence-electron chi connectivity index (χ0n) is 19.6. The highest BCUT2D eigenvalue weighted by Crippen LogP contribution is 2.38. The van der Waals surface area contributed by atoms with Crippen LogP contribution in [-0.4, -0.2) is 28.4 Å². The maximum absolute atomic E-state index is 11.6. The Labute approximate surface area is 211 Å². The molecule has 0 spiro atoms. The van der Waals surface area contributed by atoms with Gasteiger partial charge in [-0.05, 0) is 64.9 Å². The van der Waals surface area contributed by atoms with Crippen LogP contribution >= 0.6 is 0 Å². The van der Waals surface area contributed by atoms with Crippen molar-refractivity contribution < 1.29 is 9.59 Å². The van der Waals surface area contributed by atoms with E-state index in [1.165, 1.54) is 49.6 Å². The lowest BCUT2D eigenvalue weighted by Gasteiger charge is -2.33. The van der Waals surface area contributed by atoms with Gasteiger partial charge in [0.1, 0.15) is 12.6 Å². The summed E-state index contributed by atoms with van der Waals surface area (Å²) < 4.78 is 4.76. The first kappa shape index (κ1) is 19.3. The van der Waals surface area contributed by atoms with E-state index in [1.54, 1.807) is 0 Å². The van der Waals surface area contributed by atoms with Gasteiger partial charge in [-0.3, -0.25) is 9.59 Å². The summed E-state index contributed by atoms with van der Waals surface area (Å²) in [5, 5.41) is 4.53. The number of hydrogen-bond acceptors (Lipinski definition) is 2. The fourth-order valence-corrected chi connectivity index (χ4v) is 7.04. The van der Waals surface area contributed by atoms with Crippen LogP contribution in [0, 0.1) is 0 Å². The highest BCUT2D eigenvalue weighted by molar-refractivity contribution is 7.00. The van der Waals surface area contributed by atoms with Crippen molar-refractivity contribution in [2.24, 2.45) is 0 Å². The SMILES string of the molecule is O=Cc1ccc2c(c1)c1cccc3c1n2-c1cccc2c1B3c1cccc3c4cc(C=O)ccc4n-2c13. The van der Waals surface area contributed by atoms with Crippen LogP contribution in [0.25, 0.3) is 55.0 Å². The first-order valence-corrected chi connectivity index (χ1v) is 12.5. The lowest BCUT2D eigenvalue weighted by molar-refractivity contribution is 0.111. The Morgan fingerprint density at radius 2 is 1.03 bits per heavy atom. The second-order valence-corrected chi connectivity index (χ2v) is 10.1. The molecule has 5 aromatic carbocycles. The number of fused-ring (bicyclic) bond motifs is 10. The second-order valence-electron chi connectivity index (χ2n) is 10.1. The minimum atomic E-state index is 0.0864. The first-order chi connectivity index (χ1) is 18.3. The second kappa shape index (κ2) is 6.45. The van der Waals surface area contributed by atoms with Crippen molar-refractivity contribution in [1.29, 1.82) is 0 Å². The molecule has 0 radical (unpaired) electrons. The zero-order valence-corrected chi connectivity index (χ0v) is 19.6. The molecule has 2 aliphatic heterocycles. The van der Waals surface area contributed by atoms with E-state index in [9.17, 15) is 9.59 Å². The molecule has 9 rings (SSSR count). The molecule has 2 aliphatic rings. The van der Waals surface area contributed by atoms with Gasteiger partial charge in [-0.1, -0.05) is 42.5 Å². The summed E-state index contributed by atoms with van der Waals surface area (Å²) in [5.41, 5.74) is 12.2. The Morgan fingerprint density at radius 1 is 0.541 bits per heavy atom. The monoisotopic (exact) mass is 472 g/mol. The summed E-state index contributed by atoms with van der Waals surface area (Å²) >= 11 is 0. The molecular formula is C32H17BN2O2. The van der Waals surface area contributed by atoms with Crippen molar-refractivity contribution in [2.75, 3.05) is 0 Å². The van der Waals surface area contributed by atoms with E-state index in [-0.39, 0.29) is 6.71 Å². The van der Waals surface area contributed by atoms with Crippen LogP contribution in [0.2, 0.25) is 0 Å². The standard InChI is InChI=1S/C32H17BN2O2/c36-16-18-10-12-26-22(14-18)20-4-1-6-24-31(20)34(26)28-8-3-9-29-30(28)33(24)25-7-2-5-21-23-15-19(17-37)11-13-27(23)35(29)32(21)25/h1-17H. The van der Waals surface area contributed by atoms with E-state index in [4.69, 9.17) is 0 Å². The van der Waals surface area contributed by atoms with E-state index < -0.39 is 0 Å². The third kappa shape index (κ3) is 2.13. The zero-order chi connectivity index (χ0) is 24.4. The molecule has 0 aliphatic carbocycles. The first-order valence-electron chi connectivity index (χ1n) is 12.5. The van der Waals surface area contributed by atoms with E-state index >= 15 is 0 Å². The van der Waals surface area contributed by atoms with Crippen LogP contribution in [0.1, 0.15) is 20.7 Å². The van der Waals surface area contributed by atoms with Gasteiger partial charge in [0.15, 0.2) is 0 Å². The van der Waals surface area contributed by atoms with Gasteiger partial charge in [-0.2, -0.15) is 0 Å². The van der Waals surface area contributed by atoms with Gasteiger partial charge in [0.2, 0.25) is 0 Å². The third-order valence-electron chi connectivity index (χ3n) is 8.41. The molecular weight excluding hydrogens is 455 g/mol. The lowest BCUT2D eigenvalue weighted by Crippen LogP contribution is -2.59. The molecule has 0 fully saturated rings. The maximum atomic E-state index is 11.6. The predicted molar refractivity (Wildman–Crippen MR) is 151 cm³/mol. The van der Waals surface area contributed by atoms with Crippen LogP contribution in [0.4, 0.5) is 0 Å². The Balaban J connectivity index is 1.52. The molecule has 4 heterocycles. The van der Waals surface area contributed by atoms with Crippen LogP contribution < -0.4 is 16.4 Å². The summed E-state index contributed by atoms with van der Waals surface area (Å²) in [5.74, 6) is 0. The third-order valence-corrected chi connectivity index (χ3v) is 8.41. The number of aromatic nitrogens is 2. The number of rotatable bonds is 2. The van der Waals surface area contributed by atoms with Crippen molar-refractivity contribution in [2.45, 2.75) is 0 Å². The molecule has 37 heavy (non-hydrogen) atoms. The molecule has 4 nitrogen and oxygen atoms in total. The van der Waals surface area contributed by atoms with Crippen molar-refractivity contribution in [3.8, 4) is 11.4 Å². The number of aldehydes is 2. The lowest BCUT2D eigenvalue weighted by atomic mass is 9.34. The molecule has 0 saturated carbocycles. The Kier molecular flexibility index (Phi) is 3.37. The fraction of sp³-hybridized carbons (Fsp3) is 0. The van der Waals surface area contributed by atoms with Crippen molar-refractivity contribution in [3.63, 3.8) is 0 Å². The molecule has 0 unspecified atom stereocenters. The molecule has 5 heteroatoms. The highest BCUT2D eigenvalue weighted by atomic mass is 16.1. The highest BCUT2D eigenvalue weighted by Gasteiger charge is 2.40. The van der Waals surface area contributed by atoms with E-state index in [1.807, 2.05) is 24.3 Å². The minimum absolute atomic E-state index is 0.0864. The number of hydrogen-bond donors (Lipinski definition) is 0. The average Bonchev–Trinajstić information content (AvgIpc) is 3.47. The topological polar surface area (TPSA) is 44.0 Å². The van der Waals surface area contributed by atoms with E-state index in [0.717, 1.165) is 34.4 Å². The Hall–Kier alpha value is -4.90. The van der Waals surface area contributed by atoms with E-state index in [0.29, 0.717) is 11.1 Å². The van der Waals surface area contributed by atoms with Crippen LogP contribution in [0.3, 0.4) is 0 Å². The summed E-state index contributed by atoms with van der Waals surface area (Å²) in [6.07, 6.45) is 1.84. The Morgan fingerprint density at radius 3 is 1.51 bits per heavy atom. The fourth-order valence-electron chi connectivity index (χ4n) is 7.04. The van der Waals surface area contributed by atoms with Gasteiger partial charge in [-0.25, -0.2) is 0 Å². The average molecular weight is 472 g/mol. The molecule has 0 amide bonds. The van der Waals surface area contributed by atoms with Gasteiger partial charge in [-0.15, -0.1) is 0 Å². The quantitative estimate of drug-likeness (QED) is 0.272. The van der Waals surface area contributed by atoms with Gasteiger partial charge < -0.3 is 9.13 Å². The minimum Gasteiger partial charge on any atom is -0.310 e. The van der Waals surface area contributed by atoms with Crippen LogP contribution in [0.15, 0.2) is 91.0 Å². The molecule has 7 aromatic rings. The van der Waals surface area contributed by atoms with Crippen molar-refractivity contribution >= 4 is 79.3 Å². The van der Waals surface area contributed by atoms with E-state index in [2.05, 4.69) is 75.9 Å². The Bertz CT molecular complexity index is 2050. The van der Waals surface area contributed by atoms with Gasteiger partial charge in [0.05, 0.1) is 11.0 Å². The number of para-hydroxylation sites is 2. The maximum Gasteiger partial charge on any atom is 0.252 e. The molecule has 0 atom stereocenters. The van der Waals surface area contributed by atoms with Gasteiger partial charge >= 0.3 is 0 Å². The largest absolute Gasteiger partial charge is 0.310 e. The summed E-state index contributed by atoms with van der Waals surface area (Å²) in [4.78, 5) is 23.2. The summed E-state index contributed by atoms with van der Waals surface area (Å²) in [6.45, 7) is 0.0864. The van der Waals surface area contributed by atoms with Crippen molar-refractivity contribution in [3.05, 3.63) is 102 Å². The number of carbonyl (C=O) groups excluding carboxylic acids is 2. The number of nitrogens with zero attached hydrogens (tertiary/aromatic N) is 2. The molecule has 0 bridgehead atoms. The summed E-state index contributed by atoms with van der Waals surface area (Å²) in [6, 6.07) is 31.7. The molecule has 0 saturated heterocycles. The number of benzene rings is 5. The molecule has 2 aromatic heterocycles. The van der Waals surface area contributed by atoms with Gasteiger partial charge in [0, 0.05) is 55.1 Å². The normalized spacial score (nSPS) is 13.0. The van der Waals surface area contributed by atoms with Crippen molar-refractivity contribution in [1.82, 2.24) is 9.13 Å².